The van der Waals surface area contributed by atoms with Crippen LogP contribution in [-0.2, 0) is 11.2 Å². The lowest BCUT2D eigenvalue weighted by molar-refractivity contribution is -0.148. The van der Waals surface area contributed by atoms with Crippen molar-refractivity contribution in [3.05, 3.63) is 34.0 Å². The first-order valence-electron chi connectivity index (χ1n) is 9.42. The van der Waals surface area contributed by atoms with Crippen molar-refractivity contribution in [2.45, 2.75) is 57.6 Å². The van der Waals surface area contributed by atoms with E-state index in [1.165, 1.54) is 18.2 Å². The number of hydrogen-bond donors (Lipinski definition) is 2. The van der Waals surface area contributed by atoms with Gasteiger partial charge in [-0.05, 0) is 37.8 Å². The fourth-order valence-electron chi connectivity index (χ4n) is 3.13. The molecule has 0 bridgehead atoms. The predicted molar refractivity (Wildman–Crippen MR) is 107 cm³/mol. The summed E-state index contributed by atoms with van der Waals surface area (Å²) >= 11 is 1.14. The number of carbonyl (C=O) groups excluding carboxylic acids is 1. The minimum atomic E-state index is -3.42. The van der Waals surface area contributed by atoms with E-state index in [0.717, 1.165) is 21.1 Å². The second-order valence-electron chi connectivity index (χ2n) is 7.13. The Morgan fingerprint density at radius 1 is 1.48 bits per heavy atom. The normalized spacial score (nSPS) is 20.5. The molecular formula is C21H25F2NO4S. The van der Waals surface area contributed by atoms with Crippen LogP contribution in [0, 0.1) is 17.8 Å². The molecule has 0 aliphatic carbocycles. The van der Waals surface area contributed by atoms with E-state index in [-0.39, 0.29) is 17.3 Å². The van der Waals surface area contributed by atoms with Crippen LogP contribution in [0.15, 0.2) is 24.3 Å². The number of aryl methyl sites for hydroxylation is 1. The second-order valence-corrected chi connectivity index (χ2v) is 8.30. The molecule has 0 aromatic carbocycles. The zero-order valence-corrected chi connectivity index (χ0v) is 17.2. The number of hydrogen-bond acceptors (Lipinski definition) is 4. The molecule has 5 nitrogen and oxygen atoms in total. The number of rotatable bonds is 9. The fraction of sp³-hybridized carbons (Fsp3) is 0.524. The standard InChI is InChI=1S/C21H25F2NO4S/c1-3-4-6-14(2)17(25)10-8-15-13-21(22,23)20(28)24(15)12-5-7-16-9-11-18(29-16)19(26)27/h8-11,14-15,17,25H,5-7,12-13H2,1-2H3,(H,26,27)/b10-8+/t14-,15?,17+/m0/s1. The molecule has 2 heterocycles. The smallest absolute Gasteiger partial charge is 0.345 e. The number of likely N-dealkylation sites (tertiary alicyclic amines) is 1. The van der Waals surface area contributed by atoms with E-state index < -0.39 is 36.4 Å². The maximum atomic E-state index is 14.0. The Labute approximate surface area is 173 Å². The summed E-state index contributed by atoms with van der Waals surface area (Å²) in [6.07, 6.45) is 2.93. The maximum absolute atomic E-state index is 14.0. The molecule has 1 saturated heterocycles. The number of nitrogens with zero attached hydrogens (tertiary/aromatic N) is 1. The van der Waals surface area contributed by atoms with Gasteiger partial charge < -0.3 is 15.1 Å². The Hall–Kier alpha value is -2.24. The summed E-state index contributed by atoms with van der Waals surface area (Å²) in [4.78, 5) is 25.2. The second kappa shape index (κ2) is 9.99. The van der Waals surface area contributed by atoms with Gasteiger partial charge in [-0.1, -0.05) is 19.1 Å². The lowest BCUT2D eigenvalue weighted by atomic mass is 10.00. The molecule has 1 aliphatic heterocycles. The lowest BCUT2D eigenvalue weighted by Crippen LogP contribution is -2.36. The van der Waals surface area contributed by atoms with Gasteiger partial charge in [0.2, 0.25) is 0 Å². The molecule has 0 radical (unpaired) electrons. The first-order valence-corrected chi connectivity index (χ1v) is 10.2. The van der Waals surface area contributed by atoms with Gasteiger partial charge in [-0.3, -0.25) is 4.79 Å². The summed E-state index contributed by atoms with van der Waals surface area (Å²) in [6.45, 7) is 3.66. The summed E-state index contributed by atoms with van der Waals surface area (Å²) in [5, 5.41) is 19.1. The number of aromatic carboxylic acids is 1. The number of carboxylic acids is 1. The molecule has 1 aromatic heterocycles. The minimum absolute atomic E-state index is 0.136. The van der Waals surface area contributed by atoms with E-state index in [2.05, 4.69) is 11.8 Å². The number of aliphatic hydroxyl groups is 1. The molecular weight excluding hydrogens is 400 g/mol. The monoisotopic (exact) mass is 425 g/mol. The van der Waals surface area contributed by atoms with E-state index in [1.54, 1.807) is 13.0 Å². The van der Waals surface area contributed by atoms with E-state index in [4.69, 9.17) is 5.11 Å². The number of carbonyl (C=O) groups is 2. The van der Waals surface area contributed by atoms with Crippen LogP contribution in [0.3, 0.4) is 0 Å². The maximum Gasteiger partial charge on any atom is 0.345 e. The first-order chi connectivity index (χ1) is 13.7. The lowest BCUT2D eigenvalue weighted by Gasteiger charge is -2.22. The molecule has 0 spiro atoms. The van der Waals surface area contributed by atoms with Gasteiger partial charge in [0.05, 0.1) is 12.1 Å². The van der Waals surface area contributed by atoms with Crippen molar-refractivity contribution in [3.8, 4) is 11.8 Å². The molecule has 158 valence electrons. The molecule has 2 N–H and O–H groups in total. The summed E-state index contributed by atoms with van der Waals surface area (Å²) in [5.41, 5.74) is 0. The van der Waals surface area contributed by atoms with Crippen LogP contribution in [-0.4, -0.2) is 51.6 Å². The Morgan fingerprint density at radius 2 is 2.21 bits per heavy atom. The molecule has 0 saturated carbocycles. The number of halogens is 2. The van der Waals surface area contributed by atoms with Gasteiger partial charge in [-0.15, -0.1) is 23.2 Å². The summed E-state index contributed by atoms with van der Waals surface area (Å²) in [6, 6.07) is 2.42. The van der Waals surface area contributed by atoms with Crippen molar-refractivity contribution in [2.24, 2.45) is 5.92 Å². The third-order valence-electron chi connectivity index (χ3n) is 4.85. The number of carboxylic acid groups (broad SMARTS) is 1. The molecule has 2 rings (SSSR count). The van der Waals surface area contributed by atoms with E-state index in [9.17, 15) is 23.5 Å². The van der Waals surface area contributed by atoms with Crippen LogP contribution in [0.5, 0.6) is 0 Å². The van der Waals surface area contributed by atoms with E-state index in [1.807, 2.05) is 6.92 Å². The van der Waals surface area contributed by atoms with Gasteiger partial charge in [0.15, 0.2) is 0 Å². The molecule has 29 heavy (non-hydrogen) atoms. The van der Waals surface area contributed by atoms with E-state index in [0.29, 0.717) is 19.3 Å². The Balaban J connectivity index is 1.98. The Kier molecular flexibility index (Phi) is 7.94. The molecule has 1 aromatic rings. The van der Waals surface area contributed by atoms with Gasteiger partial charge in [0.25, 0.3) is 5.91 Å². The van der Waals surface area contributed by atoms with Crippen LogP contribution in [0.1, 0.15) is 47.7 Å². The molecule has 1 unspecified atom stereocenters. The topological polar surface area (TPSA) is 77.8 Å². The number of aliphatic hydroxyl groups excluding tert-OH is 1. The Bertz CT molecular complexity index is 824. The zero-order chi connectivity index (χ0) is 21.6. The highest BCUT2D eigenvalue weighted by Crippen LogP contribution is 2.34. The van der Waals surface area contributed by atoms with Crippen LogP contribution < -0.4 is 0 Å². The molecule has 1 aliphatic rings. The van der Waals surface area contributed by atoms with Crippen molar-refractivity contribution in [2.75, 3.05) is 6.54 Å². The van der Waals surface area contributed by atoms with Crippen LogP contribution in [0.25, 0.3) is 0 Å². The first kappa shape index (κ1) is 23.0. The zero-order valence-electron chi connectivity index (χ0n) is 16.4. The van der Waals surface area contributed by atoms with Crippen LogP contribution >= 0.6 is 11.3 Å². The van der Waals surface area contributed by atoms with Crippen LogP contribution in [0.4, 0.5) is 8.78 Å². The number of thiophene rings is 1. The van der Waals surface area contributed by atoms with Crippen molar-refractivity contribution in [1.29, 1.82) is 0 Å². The molecule has 1 amide bonds. The SMILES string of the molecule is CC#CC[C@H](C)[C@H](O)/C=C/C1CC(F)(F)C(=O)N1CCCc1ccc(C(=O)O)s1. The number of amides is 1. The van der Waals surface area contributed by atoms with Gasteiger partial charge in [0.1, 0.15) is 4.88 Å². The van der Waals surface area contributed by atoms with Crippen molar-refractivity contribution < 1.29 is 28.6 Å². The third kappa shape index (κ3) is 6.12. The predicted octanol–water partition coefficient (Wildman–Crippen LogP) is 3.58. The molecule has 1 fully saturated rings. The summed E-state index contributed by atoms with van der Waals surface area (Å²) < 4.78 is 27.9. The average molecular weight is 425 g/mol. The highest BCUT2D eigenvalue weighted by Gasteiger charge is 2.52. The Morgan fingerprint density at radius 3 is 2.83 bits per heavy atom. The highest BCUT2D eigenvalue weighted by atomic mass is 32.1. The van der Waals surface area contributed by atoms with Gasteiger partial charge >= 0.3 is 11.9 Å². The van der Waals surface area contributed by atoms with Crippen LogP contribution in [0.2, 0.25) is 0 Å². The largest absolute Gasteiger partial charge is 0.477 e. The minimum Gasteiger partial charge on any atom is -0.477 e. The van der Waals surface area contributed by atoms with Gasteiger partial charge in [-0.2, -0.15) is 8.78 Å². The summed E-state index contributed by atoms with van der Waals surface area (Å²) in [5.74, 6) is -0.147. The molecule has 3 atom stereocenters. The average Bonchev–Trinajstić information content (AvgIpc) is 3.22. The number of alkyl halides is 2. The van der Waals surface area contributed by atoms with Crippen molar-refractivity contribution >= 4 is 23.2 Å². The highest BCUT2D eigenvalue weighted by molar-refractivity contribution is 7.13. The van der Waals surface area contributed by atoms with Gasteiger partial charge in [-0.25, -0.2) is 4.79 Å². The fourth-order valence-corrected chi connectivity index (χ4v) is 4.01. The quantitative estimate of drug-likeness (QED) is 0.468. The summed E-state index contributed by atoms with van der Waals surface area (Å²) in [7, 11) is 0. The van der Waals surface area contributed by atoms with E-state index >= 15 is 0 Å². The van der Waals surface area contributed by atoms with Crippen molar-refractivity contribution in [1.82, 2.24) is 4.90 Å². The molecule has 8 heteroatoms. The van der Waals surface area contributed by atoms with Crippen molar-refractivity contribution in [3.63, 3.8) is 0 Å². The third-order valence-corrected chi connectivity index (χ3v) is 5.98. The van der Waals surface area contributed by atoms with Gasteiger partial charge in [0, 0.05) is 24.3 Å².